The molecule has 2 heterocycles. The number of hydrogen-bond acceptors (Lipinski definition) is 6. The first-order valence-electron chi connectivity index (χ1n) is 13.2. The maximum absolute atomic E-state index is 14.1. The van der Waals surface area contributed by atoms with Crippen molar-refractivity contribution >= 4 is 11.9 Å². The summed E-state index contributed by atoms with van der Waals surface area (Å²) in [6.45, 7) is 1.58. The van der Waals surface area contributed by atoms with Gasteiger partial charge in [-0.1, -0.05) is 66.7 Å². The maximum Gasteiger partial charge on any atom is 0.326 e. The Balaban J connectivity index is 1.45. The Morgan fingerprint density at radius 2 is 1.69 bits per heavy atom. The number of rotatable bonds is 9. The number of carbonyl (C=O) groups excluding carboxylic acids is 1. The Kier molecular flexibility index (Phi) is 8.44. The molecule has 3 aromatic rings. The number of carbonyl (C=O) groups is 2. The Hall–Kier alpha value is -3.88. The van der Waals surface area contributed by atoms with Crippen LogP contribution in [0, 0.1) is 0 Å². The van der Waals surface area contributed by atoms with Crippen LogP contribution in [0.25, 0.3) is 0 Å². The third-order valence-corrected chi connectivity index (χ3v) is 7.27. The molecule has 8 heteroatoms. The van der Waals surface area contributed by atoms with Gasteiger partial charge in [0.05, 0.1) is 13.2 Å². The fourth-order valence-corrected chi connectivity index (χ4v) is 5.18. The number of carboxylic acids is 1. The van der Waals surface area contributed by atoms with E-state index in [4.69, 9.17) is 18.9 Å². The van der Waals surface area contributed by atoms with E-state index in [-0.39, 0.29) is 25.0 Å². The van der Waals surface area contributed by atoms with Crippen LogP contribution < -0.4 is 9.47 Å². The summed E-state index contributed by atoms with van der Waals surface area (Å²) in [5.74, 6) is -0.411. The lowest BCUT2D eigenvalue weighted by atomic mass is 9.91. The first kappa shape index (κ1) is 26.7. The zero-order valence-electron chi connectivity index (χ0n) is 22.0. The normalized spacial score (nSPS) is 18.2. The first-order chi connectivity index (χ1) is 19.0. The smallest absolute Gasteiger partial charge is 0.326 e. The number of ether oxygens (including phenoxy) is 4. The molecule has 0 unspecified atom stereocenters. The molecule has 1 saturated heterocycles. The lowest BCUT2D eigenvalue weighted by Gasteiger charge is -2.38. The summed E-state index contributed by atoms with van der Waals surface area (Å²) >= 11 is 0. The molecular formula is C31H33NO7. The summed E-state index contributed by atoms with van der Waals surface area (Å²) in [4.78, 5) is 28.0. The van der Waals surface area contributed by atoms with Gasteiger partial charge in [0.1, 0.15) is 12.6 Å². The van der Waals surface area contributed by atoms with Gasteiger partial charge in [-0.3, -0.25) is 4.79 Å². The van der Waals surface area contributed by atoms with Crippen LogP contribution in [0.1, 0.15) is 41.2 Å². The average Bonchev–Trinajstić information content (AvgIpc) is 2.99. The molecule has 5 rings (SSSR count). The number of methoxy groups -OCH3 is 1. The van der Waals surface area contributed by atoms with E-state index < -0.39 is 18.1 Å². The van der Waals surface area contributed by atoms with Gasteiger partial charge in [-0.25, -0.2) is 4.79 Å². The highest BCUT2D eigenvalue weighted by atomic mass is 16.5. The molecular weight excluding hydrogens is 498 g/mol. The van der Waals surface area contributed by atoms with E-state index >= 15 is 0 Å². The van der Waals surface area contributed by atoms with E-state index in [1.165, 1.54) is 4.90 Å². The van der Waals surface area contributed by atoms with Crippen LogP contribution in [0.5, 0.6) is 11.5 Å². The van der Waals surface area contributed by atoms with E-state index in [1.54, 1.807) is 13.2 Å². The lowest BCUT2D eigenvalue weighted by molar-refractivity contribution is -0.162. The molecule has 2 atom stereocenters. The van der Waals surface area contributed by atoms with Crippen molar-refractivity contribution in [1.82, 2.24) is 4.90 Å². The average molecular weight is 532 g/mol. The molecule has 39 heavy (non-hydrogen) atoms. The second-order valence-corrected chi connectivity index (χ2v) is 9.77. The Bertz CT molecular complexity index is 1270. The number of hydrogen-bond donors (Lipinski definition) is 1. The van der Waals surface area contributed by atoms with Crippen molar-refractivity contribution in [1.29, 1.82) is 0 Å². The van der Waals surface area contributed by atoms with E-state index in [1.807, 2.05) is 66.7 Å². The third-order valence-electron chi connectivity index (χ3n) is 7.27. The monoisotopic (exact) mass is 531 g/mol. The molecule has 2 aliphatic heterocycles. The Morgan fingerprint density at radius 1 is 1.00 bits per heavy atom. The van der Waals surface area contributed by atoms with Crippen LogP contribution in [0.2, 0.25) is 0 Å². The lowest BCUT2D eigenvalue weighted by Crippen LogP contribution is -2.51. The minimum Gasteiger partial charge on any atom is -0.493 e. The van der Waals surface area contributed by atoms with E-state index in [2.05, 4.69) is 0 Å². The molecule has 204 valence electrons. The quantitative estimate of drug-likeness (QED) is 0.433. The van der Waals surface area contributed by atoms with Crippen LogP contribution in [0.4, 0.5) is 0 Å². The van der Waals surface area contributed by atoms with Gasteiger partial charge >= 0.3 is 5.97 Å². The van der Waals surface area contributed by atoms with Gasteiger partial charge in [0.25, 0.3) is 5.91 Å². The zero-order chi connectivity index (χ0) is 27.2. The third kappa shape index (κ3) is 6.08. The molecule has 0 aliphatic carbocycles. The minimum atomic E-state index is -1.08. The standard InChI is InChI=1S/C31H33NO7/c1-36-27-13-12-23-19-32(26(31(34)35)18-25(23)29(27)38-20-21-8-4-2-5-9-21)30(33)28(22-10-6-3-7-11-22)39-24-14-16-37-17-15-24/h2-13,24,26,28H,14-20H2,1H3,(H,34,35)/t26-,28-/m0/s1. The number of benzene rings is 3. The van der Waals surface area contributed by atoms with Gasteiger partial charge in [0.2, 0.25) is 0 Å². The van der Waals surface area contributed by atoms with Crippen LogP contribution in [-0.2, 0) is 38.6 Å². The Labute approximate surface area is 228 Å². The van der Waals surface area contributed by atoms with Gasteiger partial charge in [0.15, 0.2) is 17.6 Å². The van der Waals surface area contributed by atoms with Crippen molar-refractivity contribution in [3.05, 3.63) is 95.1 Å². The van der Waals surface area contributed by atoms with Crippen molar-refractivity contribution in [3.63, 3.8) is 0 Å². The highest BCUT2D eigenvalue weighted by Gasteiger charge is 2.40. The second-order valence-electron chi connectivity index (χ2n) is 9.77. The molecule has 0 saturated carbocycles. The molecule has 0 bridgehead atoms. The highest BCUT2D eigenvalue weighted by Crippen LogP contribution is 2.40. The molecule has 2 aliphatic rings. The van der Waals surface area contributed by atoms with Crippen molar-refractivity contribution in [2.24, 2.45) is 0 Å². The predicted molar refractivity (Wildman–Crippen MR) is 144 cm³/mol. The molecule has 0 spiro atoms. The van der Waals surface area contributed by atoms with Crippen molar-refractivity contribution < 1.29 is 33.6 Å². The number of aliphatic carboxylic acids is 1. The molecule has 0 aromatic heterocycles. The van der Waals surface area contributed by atoms with Crippen LogP contribution in [0.15, 0.2) is 72.8 Å². The van der Waals surface area contributed by atoms with Crippen LogP contribution >= 0.6 is 0 Å². The van der Waals surface area contributed by atoms with Crippen molar-refractivity contribution in [2.45, 2.75) is 50.7 Å². The van der Waals surface area contributed by atoms with E-state index in [0.29, 0.717) is 49.7 Å². The second kappa shape index (κ2) is 12.3. The fourth-order valence-electron chi connectivity index (χ4n) is 5.18. The van der Waals surface area contributed by atoms with E-state index in [0.717, 1.165) is 16.7 Å². The van der Waals surface area contributed by atoms with Gasteiger partial charge < -0.3 is 29.0 Å². The molecule has 0 radical (unpaired) electrons. The first-order valence-corrected chi connectivity index (χ1v) is 13.2. The number of amides is 1. The molecule has 8 nitrogen and oxygen atoms in total. The Morgan fingerprint density at radius 3 is 2.36 bits per heavy atom. The zero-order valence-corrected chi connectivity index (χ0v) is 22.0. The molecule has 1 N–H and O–H groups in total. The molecule has 3 aromatic carbocycles. The topological polar surface area (TPSA) is 94.5 Å². The van der Waals surface area contributed by atoms with E-state index in [9.17, 15) is 14.7 Å². The minimum absolute atomic E-state index is 0.0938. The van der Waals surface area contributed by atoms with Gasteiger partial charge in [-0.2, -0.15) is 0 Å². The number of nitrogens with zero attached hydrogens (tertiary/aromatic N) is 1. The highest BCUT2D eigenvalue weighted by molar-refractivity contribution is 5.88. The number of carboxylic acid groups (broad SMARTS) is 1. The van der Waals surface area contributed by atoms with Crippen LogP contribution in [0.3, 0.4) is 0 Å². The largest absolute Gasteiger partial charge is 0.493 e. The van der Waals surface area contributed by atoms with Gasteiger partial charge in [-0.05, 0) is 35.6 Å². The predicted octanol–water partition coefficient (Wildman–Crippen LogP) is 4.55. The van der Waals surface area contributed by atoms with Crippen LogP contribution in [-0.4, -0.2) is 54.4 Å². The maximum atomic E-state index is 14.1. The summed E-state index contributed by atoms with van der Waals surface area (Å²) in [5, 5.41) is 10.3. The summed E-state index contributed by atoms with van der Waals surface area (Å²) in [6.07, 6.45) is 0.407. The number of fused-ring (bicyclic) bond motifs is 1. The summed E-state index contributed by atoms with van der Waals surface area (Å²) in [6, 6.07) is 21.6. The summed E-state index contributed by atoms with van der Waals surface area (Å²) in [7, 11) is 1.56. The van der Waals surface area contributed by atoms with Crippen molar-refractivity contribution in [2.75, 3.05) is 20.3 Å². The fraction of sp³-hybridized carbons (Fsp3) is 0.355. The molecule has 1 fully saturated rings. The van der Waals surface area contributed by atoms with Gasteiger partial charge in [-0.15, -0.1) is 0 Å². The summed E-state index contributed by atoms with van der Waals surface area (Å²) in [5.41, 5.74) is 3.24. The SMILES string of the molecule is COc1ccc2c(c1OCc1ccccc1)C[C@@H](C(=O)O)N(C(=O)[C@@H](OC1CCOCC1)c1ccccc1)C2. The molecule has 1 amide bonds. The van der Waals surface area contributed by atoms with Gasteiger partial charge in [0, 0.05) is 31.7 Å². The summed E-state index contributed by atoms with van der Waals surface area (Å²) < 4.78 is 23.6. The van der Waals surface area contributed by atoms with Crippen molar-refractivity contribution in [3.8, 4) is 11.5 Å².